The molecule has 0 amide bonds. The molecule has 3 nitrogen and oxygen atoms in total. The Morgan fingerprint density at radius 1 is 0.568 bits per heavy atom. The maximum atomic E-state index is 6.54. The standard InChI is InChI=1S/C33H34BNO2/c1-31(2)27-21-20-25(35(23-14-9-7-10-15-23)24-16-11-8-12-17-24)22-26(27)30-28(31)18-13-19-29(30)34-36-32(3,4)33(5,6)37-34/h7-22H,1-6H3. The molecular weight excluding hydrogens is 453 g/mol. The molecule has 0 radical (unpaired) electrons. The van der Waals surface area contributed by atoms with Crippen molar-refractivity contribution >= 4 is 29.6 Å². The summed E-state index contributed by atoms with van der Waals surface area (Å²) in [5.74, 6) is 0. The third kappa shape index (κ3) is 3.74. The molecule has 4 heteroatoms. The zero-order valence-corrected chi connectivity index (χ0v) is 22.6. The van der Waals surface area contributed by atoms with E-state index in [9.17, 15) is 0 Å². The molecular formula is C33H34BNO2. The Morgan fingerprint density at radius 3 is 1.70 bits per heavy atom. The molecule has 0 N–H and O–H groups in total. The van der Waals surface area contributed by atoms with Crippen LogP contribution < -0.4 is 10.4 Å². The largest absolute Gasteiger partial charge is 0.495 e. The van der Waals surface area contributed by atoms with Gasteiger partial charge in [0.2, 0.25) is 0 Å². The Balaban J connectivity index is 1.54. The molecule has 1 fully saturated rings. The van der Waals surface area contributed by atoms with E-state index in [-0.39, 0.29) is 5.41 Å². The van der Waals surface area contributed by atoms with Crippen molar-refractivity contribution in [3.05, 3.63) is 108 Å². The van der Waals surface area contributed by atoms with Gasteiger partial charge in [0.1, 0.15) is 0 Å². The van der Waals surface area contributed by atoms with Crippen molar-refractivity contribution in [2.24, 2.45) is 0 Å². The third-order valence-electron chi connectivity index (χ3n) is 8.51. The summed E-state index contributed by atoms with van der Waals surface area (Å²) in [5.41, 5.74) is 8.73. The van der Waals surface area contributed by atoms with Gasteiger partial charge >= 0.3 is 7.12 Å². The van der Waals surface area contributed by atoms with Crippen molar-refractivity contribution in [2.45, 2.75) is 58.2 Å². The summed E-state index contributed by atoms with van der Waals surface area (Å²) >= 11 is 0. The molecule has 0 saturated carbocycles. The van der Waals surface area contributed by atoms with Gasteiger partial charge in [0.05, 0.1) is 11.2 Å². The van der Waals surface area contributed by atoms with Crippen molar-refractivity contribution in [1.29, 1.82) is 0 Å². The lowest BCUT2D eigenvalue weighted by Gasteiger charge is -2.32. The smallest absolute Gasteiger partial charge is 0.399 e. The summed E-state index contributed by atoms with van der Waals surface area (Å²) in [4.78, 5) is 2.32. The lowest BCUT2D eigenvalue weighted by Crippen LogP contribution is -2.41. The van der Waals surface area contributed by atoms with Crippen LogP contribution in [0.1, 0.15) is 52.7 Å². The second-order valence-electron chi connectivity index (χ2n) is 11.7. The average Bonchev–Trinajstić information content (AvgIpc) is 3.25. The highest BCUT2D eigenvalue weighted by Gasteiger charge is 2.53. The van der Waals surface area contributed by atoms with Gasteiger partial charge in [-0.15, -0.1) is 0 Å². The van der Waals surface area contributed by atoms with Crippen LogP contribution in [0.4, 0.5) is 17.1 Å². The molecule has 4 aromatic rings. The molecule has 6 rings (SSSR count). The highest BCUT2D eigenvalue weighted by atomic mass is 16.7. The van der Waals surface area contributed by atoms with Crippen LogP contribution in [-0.2, 0) is 14.7 Å². The van der Waals surface area contributed by atoms with Crippen LogP contribution in [0, 0.1) is 0 Å². The van der Waals surface area contributed by atoms with Gasteiger partial charge in [0.15, 0.2) is 0 Å². The summed E-state index contributed by atoms with van der Waals surface area (Å²) in [5, 5.41) is 0. The van der Waals surface area contributed by atoms with Gasteiger partial charge in [-0.3, -0.25) is 0 Å². The van der Waals surface area contributed by atoms with E-state index in [0.29, 0.717) is 0 Å². The molecule has 1 aliphatic carbocycles. The highest BCUT2D eigenvalue weighted by molar-refractivity contribution is 6.64. The van der Waals surface area contributed by atoms with Crippen LogP contribution in [-0.4, -0.2) is 18.3 Å². The van der Waals surface area contributed by atoms with E-state index in [1.807, 2.05) is 0 Å². The van der Waals surface area contributed by atoms with Crippen molar-refractivity contribution < 1.29 is 9.31 Å². The Morgan fingerprint density at radius 2 is 1.14 bits per heavy atom. The predicted octanol–water partition coefficient (Wildman–Crippen LogP) is 7.76. The summed E-state index contributed by atoms with van der Waals surface area (Å²) < 4.78 is 13.1. The first-order chi connectivity index (χ1) is 17.6. The number of anilines is 3. The maximum absolute atomic E-state index is 6.54. The van der Waals surface area contributed by atoms with E-state index in [1.54, 1.807) is 0 Å². The number of benzene rings is 4. The minimum atomic E-state index is -0.412. The molecule has 1 aliphatic heterocycles. The van der Waals surface area contributed by atoms with E-state index in [4.69, 9.17) is 9.31 Å². The first-order valence-corrected chi connectivity index (χ1v) is 13.1. The number of rotatable bonds is 4. The number of fused-ring (bicyclic) bond motifs is 3. The molecule has 186 valence electrons. The van der Waals surface area contributed by atoms with Gasteiger partial charge in [-0.2, -0.15) is 0 Å². The fraction of sp³-hybridized carbons (Fsp3) is 0.273. The van der Waals surface area contributed by atoms with Crippen molar-refractivity contribution in [2.75, 3.05) is 4.90 Å². The fourth-order valence-electron chi connectivity index (χ4n) is 5.73. The van der Waals surface area contributed by atoms with Gasteiger partial charge in [-0.25, -0.2) is 0 Å². The van der Waals surface area contributed by atoms with Crippen molar-refractivity contribution in [3.8, 4) is 11.1 Å². The number of hydrogen-bond acceptors (Lipinski definition) is 3. The Hall–Kier alpha value is -3.34. The van der Waals surface area contributed by atoms with Crippen LogP contribution in [0.2, 0.25) is 0 Å². The first kappa shape index (κ1) is 24.0. The molecule has 2 aliphatic rings. The lowest BCUT2D eigenvalue weighted by molar-refractivity contribution is 0.00578. The van der Waals surface area contributed by atoms with E-state index < -0.39 is 18.3 Å². The van der Waals surface area contributed by atoms with Crippen molar-refractivity contribution in [1.82, 2.24) is 0 Å². The SMILES string of the molecule is CC1(C)c2ccc(N(c3ccccc3)c3ccccc3)cc2-c2c(B3OC(C)(C)C(C)(C)O3)cccc21. The van der Waals surface area contributed by atoms with Gasteiger partial charge in [0, 0.05) is 22.5 Å². The molecule has 0 spiro atoms. The van der Waals surface area contributed by atoms with Gasteiger partial charge in [-0.1, -0.05) is 74.5 Å². The normalized spacial score (nSPS) is 18.4. The molecule has 0 unspecified atom stereocenters. The predicted molar refractivity (Wildman–Crippen MR) is 154 cm³/mol. The molecule has 37 heavy (non-hydrogen) atoms. The summed E-state index contributed by atoms with van der Waals surface area (Å²) in [6.07, 6.45) is 0. The minimum Gasteiger partial charge on any atom is -0.399 e. The second kappa shape index (κ2) is 8.34. The second-order valence-corrected chi connectivity index (χ2v) is 11.7. The minimum absolute atomic E-state index is 0.118. The van der Waals surface area contributed by atoms with E-state index >= 15 is 0 Å². The van der Waals surface area contributed by atoms with Crippen molar-refractivity contribution in [3.63, 3.8) is 0 Å². The highest BCUT2D eigenvalue weighted by Crippen LogP contribution is 2.50. The Bertz CT molecular complexity index is 1410. The average molecular weight is 487 g/mol. The third-order valence-corrected chi connectivity index (χ3v) is 8.51. The molecule has 1 saturated heterocycles. The fourth-order valence-corrected chi connectivity index (χ4v) is 5.73. The Labute approximate surface area is 221 Å². The zero-order chi connectivity index (χ0) is 26.0. The van der Waals surface area contributed by atoms with Crippen LogP contribution in [0.25, 0.3) is 11.1 Å². The van der Waals surface area contributed by atoms with Gasteiger partial charge < -0.3 is 14.2 Å². The topological polar surface area (TPSA) is 21.7 Å². The quantitative estimate of drug-likeness (QED) is 0.275. The monoisotopic (exact) mass is 487 g/mol. The molecule has 0 aromatic heterocycles. The van der Waals surface area contributed by atoms with E-state index in [1.165, 1.54) is 22.3 Å². The van der Waals surface area contributed by atoms with Crippen LogP contribution >= 0.6 is 0 Å². The summed E-state index contributed by atoms with van der Waals surface area (Å²) in [6, 6.07) is 34.6. The van der Waals surface area contributed by atoms with E-state index in [0.717, 1.165) is 22.5 Å². The summed E-state index contributed by atoms with van der Waals surface area (Å²) in [6.45, 7) is 13.1. The first-order valence-electron chi connectivity index (χ1n) is 13.1. The van der Waals surface area contributed by atoms with Gasteiger partial charge in [-0.05, 0) is 91.8 Å². The molecule has 0 atom stereocenters. The number of hydrogen-bond donors (Lipinski definition) is 0. The van der Waals surface area contributed by atoms with Gasteiger partial charge in [0.25, 0.3) is 0 Å². The van der Waals surface area contributed by atoms with Crippen LogP contribution in [0.15, 0.2) is 97.1 Å². The lowest BCUT2D eigenvalue weighted by atomic mass is 9.73. The number of para-hydroxylation sites is 2. The maximum Gasteiger partial charge on any atom is 0.495 e. The molecule has 1 heterocycles. The molecule has 0 bridgehead atoms. The Kier molecular flexibility index (Phi) is 5.42. The number of nitrogens with zero attached hydrogens (tertiary/aromatic N) is 1. The zero-order valence-electron chi connectivity index (χ0n) is 22.6. The van der Waals surface area contributed by atoms with Crippen LogP contribution in [0.3, 0.4) is 0 Å². The summed E-state index contributed by atoms with van der Waals surface area (Å²) in [7, 11) is -0.412. The molecule has 4 aromatic carbocycles. The van der Waals surface area contributed by atoms with E-state index in [2.05, 4.69) is 144 Å². The van der Waals surface area contributed by atoms with Crippen LogP contribution in [0.5, 0.6) is 0 Å².